The second-order valence-corrected chi connectivity index (χ2v) is 4.84. The molecule has 1 saturated heterocycles. The van der Waals surface area contributed by atoms with Crippen molar-refractivity contribution in [2.24, 2.45) is 5.92 Å². The Morgan fingerprint density at radius 2 is 2.20 bits per heavy atom. The molecule has 3 atom stereocenters. The fourth-order valence-corrected chi connectivity index (χ4v) is 1.86. The summed E-state index contributed by atoms with van der Waals surface area (Å²) in [5, 5.41) is 3.57. The Morgan fingerprint density at radius 1 is 1.47 bits per heavy atom. The molecule has 1 heterocycles. The first-order chi connectivity index (χ1) is 7.13. The fourth-order valence-electron chi connectivity index (χ4n) is 1.86. The molecule has 0 aromatic carbocycles. The maximum atomic E-state index is 5.71. The molecule has 1 aliphatic rings. The molecule has 3 nitrogen and oxygen atoms in total. The van der Waals surface area contributed by atoms with Crippen LogP contribution in [0.3, 0.4) is 0 Å². The predicted octanol–water partition coefficient (Wildman–Crippen LogP) is 1.34. The average Bonchev–Trinajstić information content (AvgIpc) is 2.25. The van der Waals surface area contributed by atoms with Gasteiger partial charge < -0.3 is 15.0 Å². The highest BCUT2D eigenvalue weighted by Crippen LogP contribution is 2.08. The zero-order valence-electron chi connectivity index (χ0n) is 10.6. The third kappa shape index (κ3) is 4.49. The number of nitrogens with zero attached hydrogens (tertiary/aromatic N) is 1. The van der Waals surface area contributed by atoms with Crippen molar-refractivity contribution in [2.45, 2.75) is 39.3 Å². The van der Waals surface area contributed by atoms with Crippen LogP contribution < -0.4 is 5.32 Å². The summed E-state index contributed by atoms with van der Waals surface area (Å²) in [7, 11) is 2.16. The monoisotopic (exact) mass is 214 g/mol. The van der Waals surface area contributed by atoms with Crippen molar-refractivity contribution >= 4 is 0 Å². The zero-order valence-corrected chi connectivity index (χ0v) is 10.6. The Hall–Kier alpha value is -0.120. The van der Waals surface area contributed by atoms with E-state index < -0.39 is 0 Å². The highest BCUT2D eigenvalue weighted by molar-refractivity contribution is 4.74. The van der Waals surface area contributed by atoms with E-state index in [1.54, 1.807) is 0 Å². The van der Waals surface area contributed by atoms with E-state index in [1.165, 1.54) is 6.42 Å². The Labute approximate surface area is 94.2 Å². The van der Waals surface area contributed by atoms with Crippen LogP contribution in [0.15, 0.2) is 0 Å². The van der Waals surface area contributed by atoms with Crippen molar-refractivity contribution in [1.29, 1.82) is 0 Å². The maximum absolute atomic E-state index is 5.71. The van der Waals surface area contributed by atoms with Crippen LogP contribution in [-0.4, -0.2) is 50.3 Å². The van der Waals surface area contributed by atoms with Crippen molar-refractivity contribution in [2.75, 3.05) is 33.3 Å². The van der Waals surface area contributed by atoms with Gasteiger partial charge in [0.05, 0.1) is 12.7 Å². The number of likely N-dealkylation sites (N-methyl/N-ethyl adjacent to an activating group) is 1. The Kier molecular flexibility index (Phi) is 5.58. The summed E-state index contributed by atoms with van der Waals surface area (Å²) in [4.78, 5) is 2.34. The van der Waals surface area contributed by atoms with Gasteiger partial charge >= 0.3 is 0 Å². The molecule has 90 valence electrons. The number of nitrogens with one attached hydrogen (secondary N) is 1. The van der Waals surface area contributed by atoms with E-state index in [1.807, 2.05) is 0 Å². The number of rotatable bonds is 5. The molecule has 0 bridgehead atoms. The van der Waals surface area contributed by atoms with Gasteiger partial charge in [0.2, 0.25) is 0 Å². The van der Waals surface area contributed by atoms with Crippen LogP contribution in [0, 0.1) is 5.92 Å². The Morgan fingerprint density at radius 3 is 2.80 bits per heavy atom. The molecule has 0 aromatic heterocycles. The minimum atomic E-state index is 0.371. The lowest BCUT2D eigenvalue weighted by atomic mass is 10.0. The van der Waals surface area contributed by atoms with Gasteiger partial charge in [-0.15, -0.1) is 0 Å². The summed E-state index contributed by atoms with van der Waals surface area (Å²) >= 11 is 0. The standard InChI is InChI=1S/C12H26N2O/c1-5-10(2)11(3)13-8-12-9-14(4)6-7-15-12/h10-13H,5-9H2,1-4H3/t10-,11+,12+/m0/s1. The third-order valence-corrected chi connectivity index (χ3v) is 3.51. The van der Waals surface area contributed by atoms with Crippen LogP contribution in [0.2, 0.25) is 0 Å². The van der Waals surface area contributed by atoms with E-state index in [9.17, 15) is 0 Å². The van der Waals surface area contributed by atoms with E-state index >= 15 is 0 Å². The first-order valence-corrected chi connectivity index (χ1v) is 6.17. The number of ether oxygens (including phenoxy) is 1. The van der Waals surface area contributed by atoms with Crippen molar-refractivity contribution in [3.05, 3.63) is 0 Å². The molecular weight excluding hydrogens is 188 g/mol. The van der Waals surface area contributed by atoms with Crippen LogP contribution in [0.25, 0.3) is 0 Å². The van der Waals surface area contributed by atoms with Gasteiger partial charge in [0, 0.05) is 25.7 Å². The van der Waals surface area contributed by atoms with Gasteiger partial charge in [0.1, 0.15) is 0 Å². The Balaban J connectivity index is 2.18. The van der Waals surface area contributed by atoms with E-state index in [-0.39, 0.29) is 0 Å². The minimum absolute atomic E-state index is 0.371. The summed E-state index contributed by atoms with van der Waals surface area (Å²) in [6, 6.07) is 0.589. The summed E-state index contributed by atoms with van der Waals surface area (Å²) in [5.74, 6) is 0.742. The third-order valence-electron chi connectivity index (χ3n) is 3.51. The predicted molar refractivity (Wildman–Crippen MR) is 64.2 cm³/mol. The first-order valence-electron chi connectivity index (χ1n) is 6.17. The van der Waals surface area contributed by atoms with Crippen LogP contribution in [0.4, 0.5) is 0 Å². The van der Waals surface area contributed by atoms with E-state index in [0.717, 1.165) is 32.2 Å². The zero-order chi connectivity index (χ0) is 11.3. The lowest BCUT2D eigenvalue weighted by Gasteiger charge is -2.31. The van der Waals surface area contributed by atoms with Gasteiger partial charge in [-0.05, 0) is 19.9 Å². The maximum Gasteiger partial charge on any atom is 0.0826 e. The second-order valence-electron chi connectivity index (χ2n) is 4.84. The lowest BCUT2D eigenvalue weighted by molar-refractivity contribution is -0.0197. The molecule has 0 unspecified atom stereocenters. The van der Waals surface area contributed by atoms with Crippen LogP contribution >= 0.6 is 0 Å². The molecule has 0 spiro atoms. The normalized spacial score (nSPS) is 27.6. The highest BCUT2D eigenvalue weighted by atomic mass is 16.5. The van der Waals surface area contributed by atoms with Crippen molar-refractivity contribution in [3.8, 4) is 0 Å². The van der Waals surface area contributed by atoms with Gasteiger partial charge in [-0.25, -0.2) is 0 Å². The summed E-state index contributed by atoms with van der Waals surface area (Å²) in [5.41, 5.74) is 0. The number of hydrogen-bond donors (Lipinski definition) is 1. The second kappa shape index (κ2) is 6.46. The summed E-state index contributed by atoms with van der Waals surface area (Å²) < 4.78 is 5.71. The van der Waals surface area contributed by atoms with Gasteiger partial charge in [0.25, 0.3) is 0 Å². The number of hydrogen-bond acceptors (Lipinski definition) is 3. The molecule has 0 aromatic rings. The molecule has 0 amide bonds. The van der Waals surface area contributed by atoms with Crippen LogP contribution in [0.1, 0.15) is 27.2 Å². The van der Waals surface area contributed by atoms with Crippen LogP contribution in [-0.2, 0) is 4.74 Å². The molecule has 0 radical (unpaired) electrons. The van der Waals surface area contributed by atoms with Crippen molar-refractivity contribution < 1.29 is 4.74 Å². The van der Waals surface area contributed by atoms with Gasteiger partial charge in [-0.3, -0.25) is 0 Å². The van der Waals surface area contributed by atoms with Crippen molar-refractivity contribution in [1.82, 2.24) is 10.2 Å². The molecule has 1 aliphatic heterocycles. The van der Waals surface area contributed by atoms with E-state index in [2.05, 4.69) is 38.0 Å². The first kappa shape index (κ1) is 12.9. The minimum Gasteiger partial charge on any atom is -0.374 e. The number of morpholine rings is 1. The molecule has 3 heteroatoms. The van der Waals surface area contributed by atoms with Crippen molar-refractivity contribution in [3.63, 3.8) is 0 Å². The molecule has 1 rings (SSSR count). The quantitative estimate of drug-likeness (QED) is 0.747. The molecule has 1 N–H and O–H groups in total. The van der Waals surface area contributed by atoms with E-state index in [4.69, 9.17) is 4.74 Å². The smallest absolute Gasteiger partial charge is 0.0826 e. The summed E-state index contributed by atoms with van der Waals surface area (Å²) in [6.07, 6.45) is 1.61. The Bertz CT molecular complexity index is 175. The molecular formula is C12H26N2O. The van der Waals surface area contributed by atoms with Gasteiger partial charge in [0.15, 0.2) is 0 Å². The topological polar surface area (TPSA) is 24.5 Å². The molecule has 15 heavy (non-hydrogen) atoms. The largest absolute Gasteiger partial charge is 0.374 e. The van der Waals surface area contributed by atoms with E-state index in [0.29, 0.717) is 12.1 Å². The van der Waals surface area contributed by atoms with Gasteiger partial charge in [-0.2, -0.15) is 0 Å². The SMILES string of the molecule is CC[C@H](C)[C@@H](C)NC[C@@H]1CN(C)CCO1. The lowest BCUT2D eigenvalue weighted by Crippen LogP contribution is -2.47. The molecule has 1 fully saturated rings. The van der Waals surface area contributed by atoms with Crippen LogP contribution in [0.5, 0.6) is 0 Å². The summed E-state index contributed by atoms with van der Waals surface area (Å²) in [6.45, 7) is 10.8. The highest BCUT2D eigenvalue weighted by Gasteiger charge is 2.18. The van der Waals surface area contributed by atoms with Gasteiger partial charge in [-0.1, -0.05) is 20.3 Å². The average molecular weight is 214 g/mol. The fraction of sp³-hybridized carbons (Fsp3) is 1.00. The molecule has 0 saturated carbocycles. The molecule has 0 aliphatic carbocycles.